The van der Waals surface area contributed by atoms with Gasteiger partial charge in [0.25, 0.3) is 0 Å². The molecule has 1 aliphatic rings. The van der Waals surface area contributed by atoms with E-state index in [9.17, 15) is 4.79 Å². The van der Waals surface area contributed by atoms with Crippen LogP contribution in [-0.2, 0) is 14.3 Å². The third-order valence-electron chi connectivity index (χ3n) is 3.58. The molecule has 0 N–H and O–H groups in total. The fraction of sp³-hybridized carbons (Fsp3) is 0.500. The molecule has 1 heterocycles. The smallest absolute Gasteiger partial charge is 0.305 e. The van der Waals surface area contributed by atoms with Crippen LogP contribution in [0.15, 0.2) is 24.3 Å². The molecule has 0 saturated carbocycles. The van der Waals surface area contributed by atoms with Crippen LogP contribution in [0.2, 0.25) is 0 Å². The Morgan fingerprint density at radius 3 is 2.90 bits per heavy atom. The number of carbonyl (C=O) groups is 1. The van der Waals surface area contributed by atoms with Gasteiger partial charge in [0.2, 0.25) is 5.88 Å². The molecule has 21 heavy (non-hydrogen) atoms. The molecular weight excluding hydrogens is 270 g/mol. The number of pyridine rings is 1. The maximum absolute atomic E-state index is 11.3. The molecule has 1 aromatic rings. The van der Waals surface area contributed by atoms with Crippen molar-refractivity contribution in [2.45, 2.75) is 25.7 Å². The number of hydrogen-bond donors (Lipinski definition) is 0. The number of esters is 1. The van der Waals surface area contributed by atoms with E-state index in [2.05, 4.69) is 11.1 Å². The number of nitrogens with zero attached hydrogens (tertiary/aromatic N) is 1. The van der Waals surface area contributed by atoms with Gasteiger partial charge < -0.3 is 14.2 Å². The molecule has 0 spiro atoms. The summed E-state index contributed by atoms with van der Waals surface area (Å²) in [5.74, 6) is 0.797. The number of carbonyl (C=O) groups excluding carboxylic acids is 1. The maximum Gasteiger partial charge on any atom is 0.305 e. The zero-order valence-electron chi connectivity index (χ0n) is 12.5. The molecule has 5 nitrogen and oxygen atoms in total. The first-order valence-corrected chi connectivity index (χ1v) is 7.08. The van der Waals surface area contributed by atoms with Crippen LogP contribution in [0, 0.1) is 5.92 Å². The SMILES string of the molecule is COCOc1cccc(C2=CCC(CC(=O)OC)CC2)n1. The van der Waals surface area contributed by atoms with Crippen LogP contribution >= 0.6 is 0 Å². The molecule has 1 unspecified atom stereocenters. The normalized spacial score (nSPS) is 18.0. The van der Waals surface area contributed by atoms with E-state index in [-0.39, 0.29) is 12.8 Å². The summed E-state index contributed by atoms with van der Waals surface area (Å²) in [6, 6.07) is 5.72. The lowest BCUT2D eigenvalue weighted by atomic mass is 9.86. The Morgan fingerprint density at radius 2 is 2.24 bits per heavy atom. The van der Waals surface area contributed by atoms with Gasteiger partial charge in [-0.3, -0.25) is 4.79 Å². The molecule has 0 aromatic carbocycles. The number of methoxy groups -OCH3 is 2. The number of aromatic nitrogens is 1. The van der Waals surface area contributed by atoms with Crippen LogP contribution in [0.1, 0.15) is 31.4 Å². The molecule has 5 heteroatoms. The van der Waals surface area contributed by atoms with Crippen molar-refractivity contribution in [2.75, 3.05) is 21.0 Å². The Morgan fingerprint density at radius 1 is 1.38 bits per heavy atom. The van der Waals surface area contributed by atoms with E-state index in [1.54, 1.807) is 7.11 Å². The minimum Gasteiger partial charge on any atom is -0.469 e. The van der Waals surface area contributed by atoms with E-state index in [0.717, 1.165) is 25.0 Å². The van der Waals surface area contributed by atoms with Crippen LogP contribution in [0.25, 0.3) is 5.57 Å². The second-order valence-corrected chi connectivity index (χ2v) is 5.06. The molecule has 1 atom stereocenters. The van der Waals surface area contributed by atoms with Crippen LogP contribution in [0.4, 0.5) is 0 Å². The summed E-state index contributed by atoms with van der Waals surface area (Å²) in [6.45, 7) is 0.191. The molecule has 2 rings (SSSR count). The Kier molecular flexibility index (Phi) is 5.75. The summed E-state index contributed by atoms with van der Waals surface area (Å²) < 4.78 is 14.9. The first kappa shape index (κ1) is 15.5. The summed E-state index contributed by atoms with van der Waals surface area (Å²) in [6.07, 6.45) is 5.44. The molecule has 0 saturated heterocycles. The van der Waals surface area contributed by atoms with Gasteiger partial charge in [-0.15, -0.1) is 0 Å². The van der Waals surface area contributed by atoms with Crippen molar-refractivity contribution in [2.24, 2.45) is 5.92 Å². The second-order valence-electron chi connectivity index (χ2n) is 5.06. The van der Waals surface area contributed by atoms with Gasteiger partial charge in [-0.2, -0.15) is 0 Å². The van der Waals surface area contributed by atoms with Gasteiger partial charge in [0, 0.05) is 19.6 Å². The van der Waals surface area contributed by atoms with Gasteiger partial charge in [-0.25, -0.2) is 4.98 Å². The van der Waals surface area contributed by atoms with E-state index in [1.165, 1.54) is 12.7 Å². The highest BCUT2D eigenvalue weighted by Gasteiger charge is 2.19. The lowest BCUT2D eigenvalue weighted by Gasteiger charge is -2.20. The van der Waals surface area contributed by atoms with Gasteiger partial charge in [0.15, 0.2) is 6.79 Å². The van der Waals surface area contributed by atoms with Crippen molar-refractivity contribution in [3.05, 3.63) is 30.0 Å². The van der Waals surface area contributed by atoms with Crippen molar-refractivity contribution >= 4 is 11.5 Å². The fourth-order valence-corrected chi connectivity index (χ4v) is 2.42. The first-order chi connectivity index (χ1) is 10.2. The quantitative estimate of drug-likeness (QED) is 0.596. The molecule has 0 fully saturated rings. The third kappa shape index (κ3) is 4.56. The Labute approximate surface area is 124 Å². The molecule has 0 radical (unpaired) electrons. The summed E-state index contributed by atoms with van der Waals surface area (Å²) in [7, 11) is 3.01. The fourth-order valence-electron chi connectivity index (χ4n) is 2.42. The Balaban J connectivity index is 1.98. The summed E-state index contributed by atoms with van der Waals surface area (Å²) in [5, 5.41) is 0. The number of allylic oxidation sites excluding steroid dienone is 2. The number of hydrogen-bond acceptors (Lipinski definition) is 5. The lowest BCUT2D eigenvalue weighted by Crippen LogP contribution is -2.12. The maximum atomic E-state index is 11.3. The van der Waals surface area contributed by atoms with Gasteiger partial charge in [-0.05, 0) is 36.8 Å². The first-order valence-electron chi connectivity index (χ1n) is 7.08. The average molecular weight is 291 g/mol. The minimum atomic E-state index is -0.134. The molecular formula is C16H21NO4. The third-order valence-corrected chi connectivity index (χ3v) is 3.58. The molecule has 1 aliphatic carbocycles. The highest BCUT2D eigenvalue weighted by molar-refractivity contribution is 5.70. The minimum absolute atomic E-state index is 0.134. The molecule has 1 aromatic heterocycles. The zero-order chi connectivity index (χ0) is 15.1. The number of ether oxygens (including phenoxy) is 3. The van der Waals surface area contributed by atoms with Gasteiger partial charge in [0.1, 0.15) is 0 Å². The van der Waals surface area contributed by atoms with Crippen LogP contribution in [-0.4, -0.2) is 32.0 Å². The lowest BCUT2D eigenvalue weighted by molar-refractivity contribution is -0.141. The summed E-state index contributed by atoms with van der Waals surface area (Å²) >= 11 is 0. The number of rotatable bonds is 6. The van der Waals surface area contributed by atoms with E-state index >= 15 is 0 Å². The predicted molar refractivity (Wildman–Crippen MR) is 78.7 cm³/mol. The van der Waals surface area contributed by atoms with Crippen LogP contribution in [0.3, 0.4) is 0 Å². The molecule has 0 aliphatic heterocycles. The van der Waals surface area contributed by atoms with E-state index < -0.39 is 0 Å². The monoisotopic (exact) mass is 291 g/mol. The van der Waals surface area contributed by atoms with Gasteiger partial charge >= 0.3 is 5.97 Å². The highest BCUT2D eigenvalue weighted by Crippen LogP contribution is 2.31. The van der Waals surface area contributed by atoms with Crippen molar-refractivity contribution < 1.29 is 19.0 Å². The highest BCUT2D eigenvalue weighted by atomic mass is 16.7. The second kappa shape index (κ2) is 7.78. The van der Waals surface area contributed by atoms with Crippen LogP contribution < -0.4 is 4.74 Å². The van der Waals surface area contributed by atoms with E-state index in [1.807, 2.05) is 18.2 Å². The van der Waals surface area contributed by atoms with Gasteiger partial charge in [0.05, 0.1) is 12.8 Å². The van der Waals surface area contributed by atoms with Crippen LogP contribution in [0.5, 0.6) is 5.88 Å². The van der Waals surface area contributed by atoms with Gasteiger partial charge in [-0.1, -0.05) is 12.1 Å². The van der Waals surface area contributed by atoms with Crippen molar-refractivity contribution in [3.8, 4) is 5.88 Å². The van der Waals surface area contributed by atoms with E-state index in [0.29, 0.717) is 18.2 Å². The molecule has 114 valence electrons. The topological polar surface area (TPSA) is 57.7 Å². The zero-order valence-corrected chi connectivity index (χ0v) is 12.5. The standard InChI is InChI=1S/C16H21NO4/c1-19-11-21-15-5-3-4-14(17-15)13-8-6-12(7-9-13)10-16(18)20-2/h3-5,8,12H,6-7,9-11H2,1-2H3. The Bertz CT molecular complexity index is 513. The molecule has 0 bridgehead atoms. The van der Waals surface area contributed by atoms with E-state index in [4.69, 9.17) is 14.2 Å². The largest absolute Gasteiger partial charge is 0.469 e. The molecule has 0 amide bonds. The average Bonchev–Trinajstić information content (AvgIpc) is 2.53. The predicted octanol–water partition coefficient (Wildman–Crippen LogP) is 2.81. The van der Waals surface area contributed by atoms with Crippen molar-refractivity contribution in [1.82, 2.24) is 4.98 Å². The van der Waals surface area contributed by atoms with Crippen molar-refractivity contribution in [3.63, 3.8) is 0 Å². The summed E-state index contributed by atoms with van der Waals surface area (Å²) in [5.41, 5.74) is 2.14. The Hall–Kier alpha value is -1.88. The van der Waals surface area contributed by atoms with Crippen molar-refractivity contribution in [1.29, 1.82) is 0 Å². The summed E-state index contributed by atoms with van der Waals surface area (Å²) in [4.78, 5) is 15.8.